The fourth-order valence-electron chi connectivity index (χ4n) is 1.92. The van der Waals surface area contributed by atoms with Crippen LogP contribution in [0.5, 0.6) is 5.75 Å². The molecule has 23 heavy (non-hydrogen) atoms. The molecule has 0 aliphatic heterocycles. The van der Waals surface area contributed by atoms with E-state index in [2.05, 4.69) is 5.32 Å². The third-order valence-electron chi connectivity index (χ3n) is 3.08. The van der Waals surface area contributed by atoms with Crippen molar-refractivity contribution < 1.29 is 14.5 Å². The molecule has 0 bridgehead atoms. The summed E-state index contributed by atoms with van der Waals surface area (Å²) < 4.78 is 5.44. The van der Waals surface area contributed by atoms with Crippen LogP contribution in [-0.4, -0.2) is 16.9 Å². The number of halogens is 1. The number of ether oxygens (including phenoxy) is 1. The molecule has 0 saturated carbocycles. The molecule has 0 unspecified atom stereocenters. The number of nitrogens with zero attached hydrogens (tertiary/aromatic N) is 1. The van der Waals surface area contributed by atoms with Crippen molar-refractivity contribution in [2.45, 2.75) is 20.0 Å². The third-order valence-corrected chi connectivity index (χ3v) is 3.31. The highest BCUT2D eigenvalue weighted by molar-refractivity contribution is 6.30. The Morgan fingerprint density at radius 3 is 2.70 bits per heavy atom. The van der Waals surface area contributed by atoms with Crippen molar-refractivity contribution in [3.63, 3.8) is 0 Å². The van der Waals surface area contributed by atoms with Crippen LogP contribution in [0.25, 0.3) is 0 Å². The fourth-order valence-corrected chi connectivity index (χ4v) is 2.11. The molecule has 6 nitrogen and oxygen atoms in total. The number of nitrogens with one attached hydrogen (secondary N) is 1. The zero-order valence-corrected chi connectivity index (χ0v) is 13.3. The molecule has 1 N–H and O–H groups in total. The van der Waals surface area contributed by atoms with Crippen LogP contribution in [-0.2, 0) is 4.79 Å². The first kappa shape index (κ1) is 16.8. The molecule has 2 rings (SSSR count). The Bertz CT molecular complexity index is 749. The summed E-state index contributed by atoms with van der Waals surface area (Å²) in [6.45, 7) is 3.26. The molecule has 1 atom stereocenters. The molecular formula is C16H15ClN2O4. The van der Waals surface area contributed by atoms with Gasteiger partial charge >= 0.3 is 5.69 Å². The highest BCUT2D eigenvalue weighted by Crippen LogP contribution is 2.28. The third kappa shape index (κ3) is 4.43. The second-order valence-electron chi connectivity index (χ2n) is 4.99. The van der Waals surface area contributed by atoms with Crippen LogP contribution in [0.3, 0.4) is 0 Å². The molecule has 0 spiro atoms. The van der Waals surface area contributed by atoms with Gasteiger partial charge in [-0.2, -0.15) is 0 Å². The Labute approximate surface area is 138 Å². The van der Waals surface area contributed by atoms with E-state index in [0.29, 0.717) is 10.7 Å². The first-order valence-corrected chi connectivity index (χ1v) is 7.23. The number of nitro benzene ring substituents is 1. The predicted octanol–water partition coefficient (Wildman–Crippen LogP) is 3.96. The van der Waals surface area contributed by atoms with Gasteiger partial charge in [-0.3, -0.25) is 14.9 Å². The minimum absolute atomic E-state index is 0.0503. The summed E-state index contributed by atoms with van der Waals surface area (Å²) in [4.78, 5) is 22.7. The molecule has 0 heterocycles. The minimum atomic E-state index is -0.907. The Morgan fingerprint density at radius 1 is 1.30 bits per heavy atom. The van der Waals surface area contributed by atoms with Gasteiger partial charge in [-0.15, -0.1) is 0 Å². The molecule has 7 heteroatoms. The maximum atomic E-state index is 12.1. The molecule has 2 aromatic rings. The molecule has 120 valence electrons. The van der Waals surface area contributed by atoms with E-state index in [-0.39, 0.29) is 11.4 Å². The van der Waals surface area contributed by atoms with Gasteiger partial charge in [-0.1, -0.05) is 23.7 Å². The maximum absolute atomic E-state index is 12.1. The van der Waals surface area contributed by atoms with E-state index in [1.807, 2.05) is 0 Å². The van der Waals surface area contributed by atoms with Gasteiger partial charge in [0.1, 0.15) is 0 Å². The van der Waals surface area contributed by atoms with E-state index in [1.54, 1.807) is 37.3 Å². The number of hydrogen-bond acceptors (Lipinski definition) is 4. The summed E-state index contributed by atoms with van der Waals surface area (Å²) in [6, 6.07) is 11.2. The van der Waals surface area contributed by atoms with Crippen molar-refractivity contribution in [2.75, 3.05) is 5.32 Å². The number of anilines is 1. The average molecular weight is 335 g/mol. The van der Waals surface area contributed by atoms with Crippen molar-refractivity contribution in [1.82, 2.24) is 0 Å². The molecule has 0 radical (unpaired) electrons. The molecule has 2 aromatic carbocycles. The lowest BCUT2D eigenvalue weighted by Gasteiger charge is -2.15. The van der Waals surface area contributed by atoms with E-state index in [9.17, 15) is 14.9 Å². The largest absolute Gasteiger partial charge is 0.474 e. The number of amides is 1. The molecule has 0 saturated heterocycles. The van der Waals surface area contributed by atoms with Crippen molar-refractivity contribution in [3.8, 4) is 5.75 Å². The van der Waals surface area contributed by atoms with Crippen LogP contribution in [0.15, 0.2) is 42.5 Å². The fraction of sp³-hybridized carbons (Fsp3) is 0.188. The summed E-state index contributed by atoms with van der Waals surface area (Å²) in [5.74, 6) is -0.378. The Kier molecular flexibility index (Phi) is 5.18. The van der Waals surface area contributed by atoms with E-state index in [0.717, 1.165) is 5.56 Å². The van der Waals surface area contributed by atoms with Gasteiger partial charge in [-0.25, -0.2) is 0 Å². The van der Waals surface area contributed by atoms with Crippen LogP contribution in [0.4, 0.5) is 11.4 Å². The topological polar surface area (TPSA) is 81.5 Å². The van der Waals surface area contributed by atoms with Crippen LogP contribution in [0.1, 0.15) is 12.5 Å². The summed E-state index contributed by atoms with van der Waals surface area (Å²) in [5, 5.41) is 14.2. The number of benzene rings is 2. The Morgan fingerprint density at radius 2 is 2.04 bits per heavy atom. The maximum Gasteiger partial charge on any atom is 0.311 e. The highest BCUT2D eigenvalue weighted by Gasteiger charge is 2.21. The quantitative estimate of drug-likeness (QED) is 0.662. The minimum Gasteiger partial charge on any atom is -0.474 e. The summed E-state index contributed by atoms with van der Waals surface area (Å²) in [5.41, 5.74) is 1.09. The standard InChI is InChI=1S/C16H15ClN2O4/c1-10-6-7-15(14(8-10)19(21)22)23-11(2)16(20)18-13-5-3-4-12(17)9-13/h3-9,11H,1-2H3,(H,18,20)/t11-/m0/s1. The van der Waals surface area contributed by atoms with Crippen molar-refractivity contribution in [2.24, 2.45) is 0 Å². The number of hydrogen-bond donors (Lipinski definition) is 1. The number of aryl methyl sites for hydroxylation is 1. The molecular weight excluding hydrogens is 320 g/mol. The average Bonchev–Trinajstić information content (AvgIpc) is 2.48. The van der Waals surface area contributed by atoms with Crippen LogP contribution in [0.2, 0.25) is 5.02 Å². The summed E-state index contributed by atoms with van der Waals surface area (Å²) in [7, 11) is 0. The van der Waals surface area contributed by atoms with Crippen molar-refractivity contribution in [1.29, 1.82) is 0 Å². The Hall–Kier alpha value is -2.60. The monoisotopic (exact) mass is 334 g/mol. The lowest BCUT2D eigenvalue weighted by Crippen LogP contribution is -2.30. The van der Waals surface area contributed by atoms with E-state index in [4.69, 9.17) is 16.3 Å². The molecule has 0 aliphatic carbocycles. The number of carbonyl (C=O) groups is 1. The Balaban J connectivity index is 2.11. The summed E-state index contributed by atoms with van der Waals surface area (Å²) in [6.07, 6.45) is -0.907. The zero-order chi connectivity index (χ0) is 17.0. The lowest BCUT2D eigenvalue weighted by molar-refractivity contribution is -0.386. The van der Waals surface area contributed by atoms with Crippen LogP contribution < -0.4 is 10.1 Å². The first-order valence-electron chi connectivity index (χ1n) is 6.85. The van der Waals surface area contributed by atoms with E-state index >= 15 is 0 Å². The molecule has 0 aliphatic rings. The van der Waals surface area contributed by atoms with E-state index in [1.165, 1.54) is 19.1 Å². The van der Waals surface area contributed by atoms with Crippen molar-refractivity contribution in [3.05, 3.63) is 63.2 Å². The predicted molar refractivity (Wildman–Crippen MR) is 88.0 cm³/mol. The van der Waals surface area contributed by atoms with Gasteiger partial charge in [0.2, 0.25) is 0 Å². The second kappa shape index (κ2) is 7.11. The van der Waals surface area contributed by atoms with Gasteiger partial charge in [0, 0.05) is 16.8 Å². The first-order chi connectivity index (χ1) is 10.9. The lowest BCUT2D eigenvalue weighted by atomic mass is 10.2. The zero-order valence-electron chi connectivity index (χ0n) is 12.6. The number of nitro groups is 1. The van der Waals surface area contributed by atoms with Gasteiger partial charge in [0.25, 0.3) is 5.91 Å². The highest BCUT2D eigenvalue weighted by atomic mass is 35.5. The summed E-state index contributed by atoms with van der Waals surface area (Å²) >= 11 is 5.85. The van der Waals surface area contributed by atoms with Gasteiger partial charge in [0.15, 0.2) is 11.9 Å². The SMILES string of the molecule is Cc1ccc(O[C@@H](C)C(=O)Nc2cccc(Cl)c2)c([N+](=O)[O-])c1. The number of rotatable bonds is 5. The van der Waals surface area contributed by atoms with Gasteiger partial charge < -0.3 is 10.1 Å². The molecule has 1 amide bonds. The van der Waals surface area contributed by atoms with Crippen LogP contribution >= 0.6 is 11.6 Å². The van der Waals surface area contributed by atoms with Crippen LogP contribution in [0, 0.1) is 17.0 Å². The number of carbonyl (C=O) groups excluding carboxylic acids is 1. The van der Waals surface area contributed by atoms with Gasteiger partial charge in [0.05, 0.1) is 4.92 Å². The van der Waals surface area contributed by atoms with E-state index < -0.39 is 16.9 Å². The molecule has 0 aromatic heterocycles. The normalized spacial score (nSPS) is 11.6. The second-order valence-corrected chi connectivity index (χ2v) is 5.42. The molecule has 0 fully saturated rings. The smallest absolute Gasteiger partial charge is 0.311 e. The van der Waals surface area contributed by atoms with Gasteiger partial charge in [-0.05, 0) is 43.7 Å². The van der Waals surface area contributed by atoms with Crippen molar-refractivity contribution >= 4 is 28.9 Å².